The molecule has 21 heavy (non-hydrogen) atoms. The van der Waals surface area contributed by atoms with Gasteiger partial charge in [0.15, 0.2) is 0 Å². The van der Waals surface area contributed by atoms with E-state index in [0.29, 0.717) is 6.61 Å². The highest BCUT2D eigenvalue weighted by atomic mass is 16.5. The van der Waals surface area contributed by atoms with Crippen LogP contribution >= 0.6 is 0 Å². The van der Waals surface area contributed by atoms with Gasteiger partial charge in [-0.15, -0.1) is 0 Å². The molecule has 0 aromatic heterocycles. The largest absolute Gasteiger partial charge is 0.494 e. The van der Waals surface area contributed by atoms with Gasteiger partial charge in [-0.2, -0.15) is 5.26 Å². The van der Waals surface area contributed by atoms with E-state index in [-0.39, 0.29) is 12.6 Å². The molecule has 1 aromatic rings. The van der Waals surface area contributed by atoms with Crippen molar-refractivity contribution in [1.82, 2.24) is 5.32 Å². The van der Waals surface area contributed by atoms with Gasteiger partial charge in [-0.1, -0.05) is 19.1 Å². The van der Waals surface area contributed by atoms with Gasteiger partial charge >= 0.3 is 0 Å². The molecular weight excluding hydrogens is 264 g/mol. The molecule has 0 aliphatic carbocycles. The molecule has 0 bridgehead atoms. The second-order valence-electron chi connectivity index (χ2n) is 5.60. The molecule has 0 heterocycles. The fraction of sp³-hybridized carbons (Fsp3) is 0.588. The molecule has 1 unspecified atom stereocenters. The van der Waals surface area contributed by atoms with E-state index in [1.807, 2.05) is 31.2 Å². The van der Waals surface area contributed by atoms with Crippen molar-refractivity contribution in [2.45, 2.75) is 58.2 Å². The predicted molar refractivity (Wildman–Crippen MR) is 84.0 cm³/mol. The highest BCUT2D eigenvalue weighted by molar-refractivity contribution is 5.26. The highest BCUT2D eigenvalue weighted by Crippen LogP contribution is 2.19. The molecule has 116 valence electrons. The lowest BCUT2D eigenvalue weighted by molar-refractivity contribution is 0.267. The van der Waals surface area contributed by atoms with Crippen LogP contribution in [-0.4, -0.2) is 23.3 Å². The molecule has 4 nitrogen and oxygen atoms in total. The average molecular weight is 290 g/mol. The third-order valence-electron chi connectivity index (χ3n) is 3.51. The van der Waals surface area contributed by atoms with Gasteiger partial charge in [0.25, 0.3) is 0 Å². The number of hydrogen-bond donors (Lipinski definition) is 2. The summed E-state index contributed by atoms with van der Waals surface area (Å²) in [4.78, 5) is 0. The number of aliphatic hydroxyl groups excluding tert-OH is 1. The van der Waals surface area contributed by atoms with Gasteiger partial charge in [0, 0.05) is 6.04 Å². The Hall–Kier alpha value is -1.57. The van der Waals surface area contributed by atoms with E-state index >= 15 is 0 Å². The van der Waals surface area contributed by atoms with E-state index in [1.165, 1.54) is 0 Å². The van der Waals surface area contributed by atoms with Gasteiger partial charge in [0.1, 0.15) is 11.3 Å². The molecule has 2 N–H and O–H groups in total. The third-order valence-corrected chi connectivity index (χ3v) is 3.51. The first-order chi connectivity index (χ1) is 10.0. The number of ether oxygens (including phenoxy) is 1. The molecule has 1 atom stereocenters. The third kappa shape index (κ3) is 5.74. The Morgan fingerprint density at radius 1 is 1.33 bits per heavy atom. The van der Waals surface area contributed by atoms with Crippen LogP contribution in [0, 0.1) is 11.3 Å². The zero-order chi connectivity index (χ0) is 15.7. The Kier molecular flexibility index (Phi) is 7.21. The van der Waals surface area contributed by atoms with E-state index < -0.39 is 5.54 Å². The van der Waals surface area contributed by atoms with Crippen molar-refractivity contribution in [1.29, 1.82) is 5.26 Å². The quantitative estimate of drug-likeness (QED) is 0.686. The maximum Gasteiger partial charge on any atom is 0.119 e. The first-order valence-corrected chi connectivity index (χ1v) is 7.57. The van der Waals surface area contributed by atoms with Crippen molar-refractivity contribution >= 4 is 0 Å². The Bertz CT molecular complexity index is 451. The summed E-state index contributed by atoms with van der Waals surface area (Å²) in [6.45, 7) is 6.78. The van der Waals surface area contributed by atoms with E-state index in [1.54, 1.807) is 0 Å². The summed E-state index contributed by atoms with van der Waals surface area (Å²) in [5, 5.41) is 21.8. The van der Waals surface area contributed by atoms with Crippen LogP contribution < -0.4 is 10.1 Å². The van der Waals surface area contributed by atoms with Crippen molar-refractivity contribution in [3.63, 3.8) is 0 Å². The van der Waals surface area contributed by atoms with Crippen LogP contribution in [0.1, 0.15) is 45.6 Å². The number of nitriles is 1. The molecule has 0 fully saturated rings. The zero-order valence-corrected chi connectivity index (χ0v) is 13.2. The van der Waals surface area contributed by atoms with E-state index in [0.717, 1.165) is 30.6 Å². The Balaban J connectivity index is 2.42. The molecular formula is C17H26N2O2. The van der Waals surface area contributed by atoms with Gasteiger partial charge in [0.05, 0.1) is 19.3 Å². The minimum absolute atomic E-state index is 0.0440. The number of nitrogens with zero attached hydrogens (tertiary/aromatic N) is 1. The second-order valence-corrected chi connectivity index (χ2v) is 5.60. The summed E-state index contributed by atoms with van der Waals surface area (Å²) in [5.41, 5.74) is 0.413. The molecule has 0 saturated heterocycles. The minimum atomic E-state index is -0.460. The molecule has 0 aliphatic rings. The summed E-state index contributed by atoms with van der Waals surface area (Å²) in [5.74, 6) is 0.795. The summed E-state index contributed by atoms with van der Waals surface area (Å²) in [7, 11) is 0. The van der Waals surface area contributed by atoms with Crippen LogP contribution in [-0.2, 0) is 6.61 Å². The Morgan fingerprint density at radius 3 is 2.48 bits per heavy atom. The standard InChI is InChI=1S/C17H26N2O2/c1-4-17(13-18,19-14(2)3)10-5-11-21-16-8-6-15(12-20)7-9-16/h6-9,14,19-20H,4-5,10-12H2,1-3H3. The fourth-order valence-corrected chi connectivity index (χ4v) is 2.33. The normalized spacial score (nSPS) is 13.7. The number of benzene rings is 1. The lowest BCUT2D eigenvalue weighted by Crippen LogP contribution is -2.47. The molecule has 0 radical (unpaired) electrons. The van der Waals surface area contributed by atoms with Crippen LogP contribution in [0.2, 0.25) is 0 Å². The van der Waals surface area contributed by atoms with Crippen molar-refractivity contribution in [3.8, 4) is 11.8 Å². The monoisotopic (exact) mass is 290 g/mol. The first kappa shape index (κ1) is 17.5. The van der Waals surface area contributed by atoms with Gasteiger partial charge in [-0.3, -0.25) is 5.32 Å². The van der Waals surface area contributed by atoms with Crippen LogP contribution in [0.3, 0.4) is 0 Å². The van der Waals surface area contributed by atoms with Gasteiger partial charge < -0.3 is 9.84 Å². The van der Waals surface area contributed by atoms with E-state index in [2.05, 4.69) is 25.2 Å². The smallest absolute Gasteiger partial charge is 0.119 e. The molecule has 0 spiro atoms. The molecule has 0 saturated carbocycles. The van der Waals surface area contributed by atoms with Gasteiger partial charge in [-0.25, -0.2) is 0 Å². The number of rotatable bonds is 9. The predicted octanol–water partition coefficient (Wildman–Crippen LogP) is 3.01. The zero-order valence-electron chi connectivity index (χ0n) is 13.2. The summed E-state index contributed by atoms with van der Waals surface area (Å²) >= 11 is 0. The summed E-state index contributed by atoms with van der Waals surface area (Å²) in [6.07, 6.45) is 2.38. The molecule has 0 aliphatic heterocycles. The molecule has 1 rings (SSSR count). The van der Waals surface area contributed by atoms with E-state index in [9.17, 15) is 5.26 Å². The number of hydrogen-bond acceptors (Lipinski definition) is 4. The topological polar surface area (TPSA) is 65.3 Å². The van der Waals surface area contributed by atoms with E-state index in [4.69, 9.17) is 9.84 Å². The second kappa shape index (κ2) is 8.66. The Morgan fingerprint density at radius 2 is 2.00 bits per heavy atom. The minimum Gasteiger partial charge on any atom is -0.494 e. The van der Waals surface area contributed by atoms with Gasteiger partial charge in [0.2, 0.25) is 0 Å². The van der Waals surface area contributed by atoms with Crippen molar-refractivity contribution < 1.29 is 9.84 Å². The summed E-state index contributed by atoms with van der Waals surface area (Å²) < 4.78 is 5.68. The molecule has 4 heteroatoms. The van der Waals surface area contributed by atoms with Crippen LogP contribution in [0.15, 0.2) is 24.3 Å². The van der Waals surface area contributed by atoms with Crippen LogP contribution in [0.25, 0.3) is 0 Å². The number of nitrogens with one attached hydrogen (secondary N) is 1. The van der Waals surface area contributed by atoms with Crippen LogP contribution in [0.4, 0.5) is 0 Å². The van der Waals surface area contributed by atoms with Crippen LogP contribution in [0.5, 0.6) is 5.75 Å². The van der Waals surface area contributed by atoms with Crippen molar-refractivity contribution in [2.24, 2.45) is 0 Å². The molecule has 1 aromatic carbocycles. The fourth-order valence-electron chi connectivity index (χ4n) is 2.33. The lowest BCUT2D eigenvalue weighted by atomic mass is 9.91. The number of aliphatic hydroxyl groups is 1. The lowest BCUT2D eigenvalue weighted by Gasteiger charge is -2.29. The highest BCUT2D eigenvalue weighted by Gasteiger charge is 2.27. The average Bonchev–Trinajstić information content (AvgIpc) is 2.50. The first-order valence-electron chi connectivity index (χ1n) is 7.57. The van der Waals surface area contributed by atoms with Gasteiger partial charge in [-0.05, 0) is 50.8 Å². The summed E-state index contributed by atoms with van der Waals surface area (Å²) in [6, 6.07) is 10.1. The maximum absolute atomic E-state index is 9.42. The Labute approximate surface area is 127 Å². The van der Waals surface area contributed by atoms with Crippen molar-refractivity contribution in [3.05, 3.63) is 29.8 Å². The molecule has 0 amide bonds. The SMILES string of the molecule is CCC(C#N)(CCCOc1ccc(CO)cc1)NC(C)C. The van der Waals surface area contributed by atoms with Crippen molar-refractivity contribution in [2.75, 3.05) is 6.61 Å². The maximum atomic E-state index is 9.42.